The van der Waals surface area contributed by atoms with Gasteiger partial charge in [0.1, 0.15) is 0 Å². The van der Waals surface area contributed by atoms with Gasteiger partial charge < -0.3 is 104 Å². The van der Waals surface area contributed by atoms with E-state index in [9.17, 15) is 104 Å². The Bertz CT molecular complexity index is 355. The van der Waals surface area contributed by atoms with Crippen LogP contribution in [0.4, 0.5) is 104 Å². The van der Waals surface area contributed by atoms with Gasteiger partial charge in [-0.25, -0.2) is 0 Å². The van der Waals surface area contributed by atoms with E-state index in [2.05, 4.69) is 27.7 Å². The Hall–Kier alpha value is -0.860. The molecule has 0 aromatic carbocycles. The van der Waals surface area contributed by atoms with Crippen molar-refractivity contribution in [1.82, 2.24) is 0 Å². The summed E-state index contributed by atoms with van der Waals surface area (Å²) in [6, 6.07) is 0. The van der Waals surface area contributed by atoms with Gasteiger partial charge in [-0.15, -0.1) is 0 Å². The van der Waals surface area contributed by atoms with Gasteiger partial charge in [0.15, 0.2) is 0 Å². The Labute approximate surface area is 208 Å². The van der Waals surface area contributed by atoms with Crippen LogP contribution >= 0.6 is 7.26 Å². The average Bonchev–Trinajstić information content (AvgIpc) is 2.48. The number of rotatable bonds is 4. The molecule has 0 aromatic rings. The largest absolute Gasteiger partial charge is 0.673 e. The van der Waals surface area contributed by atoms with Gasteiger partial charge in [0, 0.05) is 0 Å². The van der Waals surface area contributed by atoms with E-state index in [1.54, 1.807) is 0 Å². The van der Waals surface area contributed by atoms with E-state index in [4.69, 9.17) is 0 Å². The molecule has 0 saturated carbocycles. The maximum Gasteiger partial charge on any atom is 0.673 e. The van der Waals surface area contributed by atoms with E-state index in [1.807, 2.05) is 0 Å². The van der Waals surface area contributed by atoms with Crippen LogP contribution in [0.3, 0.4) is 0 Å². The molecule has 0 nitrogen and oxygen atoms in total. The molecule has 0 aliphatic carbocycles. The summed E-state index contributed by atoms with van der Waals surface area (Å²) < 4.78 is 234. The molecule has 0 aliphatic heterocycles. The van der Waals surface area contributed by atoms with Crippen LogP contribution in [0.2, 0.25) is 0 Å². The Kier molecular flexibility index (Phi) is 33.1. The smallest absolute Gasteiger partial charge is 0.418 e. The molecule has 0 aliphatic rings. The molecule has 0 aromatic heterocycles. The first-order chi connectivity index (χ1) is 16.2. The maximum absolute atomic E-state index is 9.75. The molecule has 39 heavy (non-hydrogen) atoms. The van der Waals surface area contributed by atoms with Gasteiger partial charge in [-0.1, -0.05) is 0 Å². The fraction of sp³-hybridized carbons (Fsp3) is 1.00. The monoisotopic (exact) mass is 670 g/mol. The Balaban J connectivity index is -0.0000000622. The summed E-state index contributed by atoms with van der Waals surface area (Å²) in [5, 5.41) is 0. The summed E-state index contributed by atoms with van der Waals surface area (Å²) in [4.78, 5) is 0. The first-order valence-corrected chi connectivity index (χ1v) is 12.3. The molecule has 0 fully saturated rings. The number of hydrogen-bond donors (Lipinski definition) is 0. The molecule has 0 spiro atoms. The van der Waals surface area contributed by atoms with Crippen LogP contribution in [0.1, 0.15) is 27.7 Å². The van der Waals surface area contributed by atoms with E-state index in [0.29, 0.717) is 0 Å². The molecule has 0 saturated heterocycles. The van der Waals surface area contributed by atoms with Gasteiger partial charge in [0.05, 0.1) is 0 Å². The Morgan fingerprint density at radius 3 is 0.308 bits per heavy atom. The fourth-order valence-electron chi connectivity index (χ4n) is 1.50. The quantitative estimate of drug-likeness (QED) is 0.159. The van der Waals surface area contributed by atoms with Gasteiger partial charge in [-0.2, -0.15) is 0 Å². The average molecular weight is 669 g/mol. The van der Waals surface area contributed by atoms with Gasteiger partial charge in [-0.3, -0.25) is 0 Å². The molecule has 0 unspecified atom stereocenters. The van der Waals surface area contributed by atoms with Crippen LogP contribution < -0.4 is 0 Å². The van der Waals surface area contributed by atoms with Gasteiger partial charge >= 0.3 is 103 Å². The summed E-state index contributed by atoms with van der Waals surface area (Å²) in [6.07, 6.45) is 5.93. The first kappa shape index (κ1) is 54.3. The van der Waals surface area contributed by atoms with Gasteiger partial charge in [0.25, 0.3) is 0 Å². The minimum Gasteiger partial charge on any atom is -0.418 e. The zero-order valence-corrected chi connectivity index (χ0v) is 20.9. The fourth-order valence-corrected chi connectivity index (χ4v) is 4.50. The van der Waals surface area contributed by atoms with Crippen molar-refractivity contribution in [3.63, 3.8) is 0 Å². The molecule has 0 atom stereocenters. The van der Waals surface area contributed by atoms with Crippen molar-refractivity contribution in [1.29, 1.82) is 0 Å². The zero-order chi connectivity index (χ0) is 34.3. The molecule has 250 valence electrons. The van der Waals surface area contributed by atoms with E-state index >= 15 is 0 Å². The molecule has 0 N–H and O–H groups in total. The minimum absolute atomic E-state index is 0.691. The third-order valence-electron chi connectivity index (χ3n) is 3.00. The molecule has 0 heterocycles. The van der Waals surface area contributed by atoms with Crippen LogP contribution in [0, 0.1) is 0 Å². The van der Waals surface area contributed by atoms with E-state index in [-0.39, 0.29) is 0 Å². The summed E-state index contributed by atoms with van der Waals surface area (Å²) in [5.41, 5.74) is 0. The SMILES string of the molecule is CC[PH](CC)(CC)CC.F[B-](F)(F)F.F[B-](F)(F)F.F[B-](F)(F)F.F[B-](F)(F)F.F[B-](F)(F)F.F[B-](F)(F)F. The predicted molar refractivity (Wildman–Crippen MR) is 112 cm³/mol. The second-order valence-electron chi connectivity index (χ2n) is 5.88. The van der Waals surface area contributed by atoms with Crippen LogP contribution in [0.15, 0.2) is 0 Å². The molecular weight excluding hydrogens is 648 g/mol. The molecule has 0 radical (unpaired) electrons. The van der Waals surface area contributed by atoms with E-state index in [0.717, 1.165) is 0 Å². The third kappa shape index (κ3) is 370. The summed E-state index contributed by atoms with van der Waals surface area (Å²) in [6.45, 7) is 9.46. The van der Waals surface area contributed by atoms with Crippen LogP contribution in [-0.2, 0) is 0 Å². The Morgan fingerprint density at radius 2 is 0.308 bits per heavy atom. The maximum atomic E-state index is 9.75. The van der Waals surface area contributed by atoms with Gasteiger partial charge in [0.2, 0.25) is 0 Å². The molecular formula is C8H21B6F24P-6. The molecule has 0 bridgehead atoms. The Morgan fingerprint density at radius 1 is 0.256 bits per heavy atom. The summed E-state index contributed by atoms with van der Waals surface area (Å²) >= 11 is 0. The minimum atomic E-state index is -6.00. The molecule has 31 heteroatoms. The van der Waals surface area contributed by atoms with E-state index < -0.39 is 50.8 Å². The van der Waals surface area contributed by atoms with Crippen LogP contribution in [0.5, 0.6) is 0 Å². The van der Waals surface area contributed by atoms with Crippen molar-refractivity contribution in [3.05, 3.63) is 0 Å². The van der Waals surface area contributed by atoms with Gasteiger partial charge in [-0.05, 0) is 0 Å². The van der Waals surface area contributed by atoms with Crippen molar-refractivity contribution in [2.24, 2.45) is 0 Å². The van der Waals surface area contributed by atoms with Crippen molar-refractivity contribution >= 4 is 50.8 Å². The third-order valence-corrected chi connectivity index (χ3v) is 9.00. The number of halogens is 24. The topological polar surface area (TPSA) is 0 Å². The normalized spacial score (nSPS) is 12.4. The number of hydrogen-bond acceptors (Lipinski definition) is 0. The summed E-state index contributed by atoms with van der Waals surface area (Å²) in [5.74, 6) is 0. The van der Waals surface area contributed by atoms with Crippen molar-refractivity contribution in [2.75, 3.05) is 24.6 Å². The van der Waals surface area contributed by atoms with Crippen molar-refractivity contribution in [3.8, 4) is 0 Å². The predicted octanol–water partition coefficient (Wildman–Crippen LogP) is 10.6. The molecule has 0 amide bonds. The first-order valence-electron chi connectivity index (χ1n) is 9.48. The second-order valence-corrected chi connectivity index (χ2v) is 11.7. The molecule has 0 rings (SSSR count). The van der Waals surface area contributed by atoms with Crippen molar-refractivity contribution in [2.45, 2.75) is 27.7 Å². The zero-order valence-electron chi connectivity index (χ0n) is 19.9. The van der Waals surface area contributed by atoms with Crippen LogP contribution in [0.25, 0.3) is 0 Å². The second kappa shape index (κ2) is 23.8. The van der Waals surface area contributed by atoms with E-state index in [1.165, 1.54) is 24.6 Å². The standard InChI is InChI=1S/C8H21P.6BF4/c1-5-9(6-2,7-3)8-4;6*2-1(3,4)5/h9H,5-8H2,1-4H3;;;;;;/q;6*-1. The van der Waals surface area contributed by atoms with Crippen LogP contribution in [-0.4, -0.2) is 68.2 Å². The summed E-state index contributed by atoms with van der Waals surface area (Å²) in [7, 11) is -36.7. The van der Waals surface area contributed by atoms with Crippen molar-refractivity contribution < 1.29 is 104 Å².